The number of nitrogens with zero attached hydrogens (tertiary/aromatic N) is 3. The summed E-state index contributed by atoms with van der Waals surface area (Å²) >= 11 is 1.42. The van der Waals surface area contributed by atoms with Crippen LogP contribution in [-0.2, 0) is 4.79 Å². The van der Waals surface area contributed by atoms with E-state index in [4.69, 9.17) is 9.47 Å². The Bertz CT molecular complexity index is 1130. The standard InChI is InChI=1S/C25H28N4O3S/c1-16(2)23(18-10-11-20-21(14-18)32-13-12-31-20)26-22(30)15-33-25-28-27-24(17-8-9-17)29(25)19-6-4-3-5-7-19/h3-7,10-11,14,16-17,23H,8-9,12-13,15H2,1-2H3,(H,26,30)/t23-/m0/s1. The van der Waals surface area contributed by atoms with E-state index in [2.05, 4.69) is 46.1 Å². The van der Waals surface area contributed by atoms with Crippen LogP contribution >= 0.6 is 11.8 Å². The van der Waals surface area contributed by atoms with Gasteiger partial charge < -0.3 is 14.8 Å². The highest BCUT2D eigenvalue weighted by Crippen LogP contribution is 2.41. The molecular weight excluding hydrogens is 436 g/mol. The van der Waals surface area contributed by atoms with Gasteiger partial charge in [-0.05, 0) is 48.6 Å². The van der Waals surface area contributed by atoms with E-state index in [0.29, 0.717) is 19.1 Å². The van der Waals surface area contributed by atoms with Crippen molar-refractivity contribution in [3.8, 4) is 17.2 Å². The van der Waals surface area contributed by atoms with Gasteiger partial charge in [0.05, 0.1) is 11.8 Å². The van der Waals surface area contributed by atoms with E-state index in [1.54, 1.807) is 0 Å². The number of benzene rings is 2. The van der Waals surface area contributed by atoms with Gasteiger partial charge in [-0.2, -0.15) is 0 Å². The summed E-state index contributed by atoms with van der Waals surface area (Å²) in [5.41, 5.74) is 2.04. The number of para-hydroxylation sites is 1. The highest BCUT2D eigenvalue weighted by Gasteiger charge is 2.31. The van der Waals surface area contributed by atoms with Crippen molar-refractivity contribution in [3.63, 3.8) is 0 Å². The summed E-state index contributed by atoms with van der Waals surface area (Å²) in [5, 5.41) is 12.8. The smallest absolute Gasteiger partial charge is 0.230 e. The topological polar surface area (TPSA) is 78.3 Å². The van der Waals surface area contributed by atoms with Crippen LogP contribution in [0.2, 0.25) is 0 Å². The zero-order chi connectivity index (χ0) is 22.8. The van der Waals surface area contributed by atoms with Crippen LogP contribution in [0.4, 0.5) is 0 Å². The van der Waals surface area contributed by atoms with Gasteiger partial charge in [0.2, 0.25) is 5.91 Å². The molecule has 0 saturated heterocycles. The second kappa shape index (κ2) is 9.47. The molecule has 1 amide bonds. The molecule has 172 valence electrons. The van der Waals surface area contributed by atoms with E-state index in [-0.39, 0.29) is 23.6 Å². The first-order valence-corrected chi connectivity index (χ1v) is 12.4. The van der Waals surface area contributed by atoms with Gasteiger partial charge in [0.1, 0.15) is 19.0 Å². The maximum absolute atomic E-state index is 12.9. The predicted molar refractivity (Wildman–Crippen MR) is 127 cm³/mol. The van der Waals surface area contributed by atoms with Gasteiger partial charge >= 0.3 is 0 Å². The summed E-state index contributed by atoms with van der Waals surface area (Å²) in [5.74, 6) is 3.38. The Balaban J connectivity index is 1.29. The van der Waals surface area contributed by atoms with Crippen LogP contribution < -0.4 is 14.8 Å². The van der Waals surface area contributed by atoms with E-state index in [1.165, 1.54) is 11.8 Å². The number of fused-ring (bicyclic) bond motifs is 1. The Morgan fingerprint density at radius 3 is 2.58 bits per heavy atom. The molecule has 7 nitrogen and oxygen atoms in total. The van der Waals surface area contributed by atoms with Gasteiger partial charge in [0.15, 0.2) is 16.7 Å². The summed E-state index contributed by atoms with van der Waals surface area (Å²) in [6, 6.07) is 15.9. The molecule has 1 aromatic heterocycles. The molecule has 1 aliphatic heterocycles. The molecule has 1 fully saturated rings. The van der Waals surface area contributed by atoms with Gasteiger partial charge in [-0.1, -0.05) is 49.9 Å². The molecule has 0 bridgehead atoms. The molecule has 5 rings (SSSR count). The molecule has 0 spiro atoms. The number of rotatable bonds is 8. The van der Waals surface area contributed by atoms with Crippen LogP contribution in [0.3, 0.4) is 0 Å². The molecule has 2 aromatic carbocycles. The minimum absolute atomic E-state index is 0.0378. The van der Waals surface area contributed by atoms with E-state index in [9.17, 15) is 4.79 Å². The fraction of sp³-hybridized carbons (Fsp3) is 0.400. The lowest BCUT2D eigenvalue weighted by atomic mass is 9.95. The third kappa shape index (κ3) is 4.85. The number of ether oxygens (including phenoxy) is 2. The van der Waals surface area contributed by atoms with Gasteiger partial charge in [0.25, 0.3) is 0 Å². The molecule has 2 aliphatic rings. The van der Waals surface area contributed by atoms with Crippen molar-refractivity contribution in [3.05, 3.63) is 59.9 Å². The van der Waals surface area contributed by atoms with Gasteiger partial charge in [0, 0.05) is 11.6 Å². The van der Waals surface area contributed by atoms with Crippen molar-refractivity contribution in [2.24, 2.45) is 5.92 Å². The van der Waals surface area contributed by atoms with Crippen LogP contribution in [0.15, 0.2) is 53.7 Å². The van der Waals surface area contributed by atoms with Gasteiger partial charge in [-0.25, -0.2) is 0 Å². The monoisotopic (exact) mass is 464 g/mol. The van der Waals surface area contributed by atoms with Crippen LogP contribution in [0.25, 0.3) is 5.69 Å². The molecule has 8 heteroatoms. The second-order valence-electron chi connectivity index (χ2n) is 8.77. The summed E-state index contributed by atoms with van der Waals surface area (Å²) in [6.07, 6.45) is 2.28. The number of aromatic nitrogens is 3. The Kier molecular flexibility index (Phi) is 6.26. The van der Waals surface area contributed by atoms with E-state index in [1.807, 2.05) is 36.4 Å². The normalized spacial score (nSPS) is 16.0. The molecule has 2 heterocycles. The van der Waals surface area contributed by atoms with E-state index in [0.717, 1.165) is 46.6 Å². The Morgan fingerprint density at radius 1 is 1.09 bits per heavy atom. The average Bonchev–Trinajstić information content (AvgIpc) is 3.60. The number of carbonyl (C=O) groups excluding carboxylic acids is 1. The highest BCUT2D eigenvalue weighted by molar-refractivity contribution is 7.99. The zero-order valence-corrected chi connectivity index (χ0v) is 19.7. The average molecular weight is 465 g/mol. The Morgan fingerprint density at radius 2 is 1.85 bits per heavy atom. The lowest BCUT2D eigenvalue weighted by Gasteiger charge is -2.25. The fourth-order valence-corrected chi connectivity index (χ4v) is 4.80. The van der Waals surface area contributed by atoms with Crippen molar-refractivity contribution in [1.29, 1.82) is 0 Å². The molecule has 1 saturated carbocycles. The molecule has 0 radical (unpaired) electrons. The Labute approximate surface area is 197 Å². The molecule has 1 N–H and O–H groups in total. The quantitative estimate of drug-likeness (QED) is 0.494. The first kappa shape index (κ1) is 21.8. The van der Waals surface area contributed by atoms with Crippen LogP contribution in [0, 0.1) is 5.92 Å². The first-order valence-electron chi connectivity index (χ1n) is 11.4. The molecular formula is C25H28N4O3S. The number of hydrogen-bond donors (Lipinski definition) is 1. The Hall–Kier alpha value is -3.00. The van der Waals surface area contributed by atoms with E-state index >= 15 is 0 Å². The predicted octanol–water partition coefficient (Wildman–Crippen LogP) is 4.52. The number of amides is 1. The van der Waals surface area contributed by atoms with Crippen molar-refractivity contribution in [1.82, 2.24) is 20.1 Å². The number of thioether (sulfide) groups is 1. The maximum atomic E-state index is 12.9. The molecule has 33 heavy (non-hydrogen) atoms. The fourth-order valence-electron chi connectivity index (χ4n) is 4.03. The number of hydrogen-bond acceptors (Lipinski definition) is 6. The van der Waals surface area contributed by atoms with Crippen LogP contribution in [-0.4, -0.2) is 39.6 Å². The summed E-state index contributed by atoms with van der Waals surface area (Å²) in [7, 11) is 0. The SMILES string of the molecule is CC(C)[C@H](NC(=O)CSc1nnc(C2CC2)n1-c1ccccc1)c1ccc2c(c1)OCCO2. The lowest BCUT2D eigenvalue weighted by molar-refractivity contribution is -0.119. The second-order valence-corrected chi connectivity index (χ2v) is 9.71. The van der Waals surface area contributed by atoms with Gasteiger partial charge in [-0.3, -0.25) is 9.36 Å². The third-order valence-electron chi connectivity index (χ3n) is 5.86. The van der Waals surface area contributed by atoms with Crippen molar-refractivity contribution in [2.45, 2.75) is 43.8 Å². The van der Waals surface area contributed by atoms with Crippen molar-refractivity contribution in [2.75, 3.05) is 19.0 Å². The minimum Gasteiger partial charge on any atom is -0.486 e. The summed E-state index contributed by atoms with van der Waals surface area (Å²) in [4.78, 5) is 12.9. The lowest BCUT2D eigenvalue weighted by Crippen LogP contribution is -2.33. The third-order valence-corrected chi connectivity index (χ3v) is 6.79. The van der Waals surface area contributed by atoms with Crippen molar-refractivity contribution < 1.29 is 14.3 Å². The summed E-state index contributed by atoms with van der Waals surface area (Å²) < 4.78 is 13.4. The molecule has 1 aliphatic carbocycles. The van der Waals surface area contributed by atoms with Gasteiger partial charge in [-0.15, -0.1) is 10.2 Å². The number of nitrogens with one attached hydrogen (secondary N) is 1. The minimum atomic E-state index is -0.122. The largest absolute Gasteiger partial charge is 0.486 e. The van der Waals surface area contributed by atoms with Crippen LogP contribution in [0.5, 0.6) is 11.5 Å². The first-order chi connectivity index (χ1) is 16.1. The van der Waals surface area contributed by atoms with Crippen LogP contribution in [0.1, 0.15) is 50.0 Å². The molecule has 0 unspecified atom stereocenters. The summed E-state index contributed by atoms with van der Waals surface area (Å²) in [6.45, 7) is 5.30. The number of carbonyl (C=O) groups is 1. The molecule has 1 atom stereocenters. The highest BCUT2D eigenvalue weighted by atomic mass is 32.2. The van der Waals surface area contributed by atoms with E-state index < -0.39 is 0 Å². The zero-order valence-electron chi connectivity index (χ0n) is 18.9. The maximum Gasteiger partial charge on any atom is 0.230 e. The molecule has 3 aromatic rings. The van der Waals surface area contributed by atoms with Crippen molar-refractivity contribution >= 4 is 17.7 Å².